The van der Waals surface area contributed by atoms with Gasteiger partial charge < -0.3 is 18.9 Å². The molecule has 196 valence electrons. The minimum Gasteiger partial charge on any atom is -0.495 e. The van der Waals surface area contributed by atoms with Crippen LogP contribution in [0.4, 0.5) is 5.69 Å². The first-order chi connectivity index (χ1) is 17.2. The molecule has 0 saturated heterocycles. The van der Waals surface area contributed by atoms with E-state index in [1.54, 1.807) is 24.8 Å². The van der Waals surface area contributed by atoms with Crippen molar-refractivity contribution in [2.75, 3.05) is 19.1 Å². The Bertz CT molecular complexity index is 1240. The SMILES string of the molecule is CC.COc1c(/C(C)=N/OC(C)=O)ccc2c1c1cc([N+](=O)[O-])ccc1n2C.CSCC(C)OC=O. The molecule has 0 spiro atoms. The summed E-state index contributed by atoms with van der Waals surface area (Å²) in [7, 11) is 3.41. The quantitative estimate of drug-likeness (QED) is 0.126. The van der Waals surface area contributed by atoms with E-state index in [2.05, 4.69) is 9.89 Å². The second-order valence-corrected chi connectivity index (χ2v) is 8.23. The van der Waals surface area contributed by atoms with Crippen LogP contribution in [0, 0.1) is 10.1 Å². The lowest BCUT2D eigenvalue weighted by molar-refractivity contribution is -0.384. The molecule has 0 aliphatic heterocycles. The second kappa shape index (κ2) is 14.7. The number of carbonyl (C=O) groups excluding carboxylic acids is 2. The third-order valence-corrected chi connectivity index (χ3v) is 5.72. The highest BCUT2D eigenvalue weighted by Crippen LogP contribution is 2.39. The zero-order chi connectivity index (χ0) is 27.4. The number of ether oxygens (including phenoxy) is 2. The standard InChI is InChI=1S/C18H17N3O5.C5H10O2S.C2H6/c1-10(19-26-11(2)22)13-6-8-16-17(18(13)25-4)14-9-12(21(23)24)5-7-15(14)20(16)3;1-5(3-8-2)7-4-6;1-2/h5-9H,1-4H3;4-5H,3H2,1-2H3;1-2H3/b19-10+;;. The number of aryl methyl sites for hydroxylation is 1. The van der Waals surface area contributed by atoms with Gasteiger partial charge in [0.2, 0.25) is 0 Å². The third kappa shape index (κ3) is 7.45. The molecular formula is C25H33N3O7S. The van der Waals surface area contributed by atoms with Crippen LogP contribution in [-0.4, -0.2) is 52.9 Å². The van der Waals surface area contributed by atoms with Gasteiger partial charge in [0.25, 0.3) is 12.2 Å². The minimum atomic E-state index is -0.523. The molecule has 0 aliphatic carbocycles. The van der Waals surface area contributed by atoms with Gasteiger partial charge in [0.1, 0.15) is 11.9 Å². The average molecular weight is 520 g/mol. The number of thioether (sulfide) groups is 1. The van der Waals surface area contributed by atoms with Gasteiger partial charge in [-0.2, -0.15) is 11.8 Å². The molecule has 0 aliphatic rings. The Morgan fingerprint density at radius 3 is 2.39 bits per heavy atom. The van der Waals surface area contributed by atoms with E-state index in [9.17, 15) is 19.7 Å². The van der Waals surface area contributed by atoms with Crippen molar-refractivity contribution in [3.05, 3.63) is 46.0 Å². The third-order valence-electron chi connectivity index (χ3n) is 4.91. The maximum Gasteiger partial charge on any atom is 0.331 e. The van der Waals surface area contributed by atoms with Gasteiger partial charge in [-0.15, -0.1) is 0 Å². The minimum absolute atomic E-state index is 0.00255. The predicted octanol–water partition coefficient (Wildman–Crippen LogP) is 5.47. The van der Waals surface area contributed by atoms with Crippen LogP contribution in [-0.2, 0) is 26.2 Å². The monoisotopic (exact) mass is 519 g/mol. The number of aromatic nitrogens is 1. The van der Waals surface area contributed by atoms with Crippen molar-refractivity contribution < 1.29 is 28.8 Å². The molecule has 0 saturated carbocycles. The van der Waals surface area contributed by atoms with E-state index in [0.29, 0.717) is 28.9 Å². The smallest absolute Gasteiger partial charge is 0.331 e. The van der Waals surface area contributed by atoms with Gasteiger partial charge in [0.15, 0.2) is 0 Å². The molecule has 1 heterocycles. The van der Waals surface area contributed by atoms with E-state index in [4.69, 9.17) is 9.57 Å². The number of fused-ring (bicyclic) bond motifs is 3. The molecule has 0 N–H and O–H groups in total. The summed E-state index contributed by atoms with van der Waals surface area (Å²) in [5.74, 6) is 0.867. The fraction of sp³-hybridized carbons (Fsp3) is 0.400. The van der Waals surface area contributed by atoms with Gasteiger partial charge >= 0.3 is 5.97 Å². The summed E-state index contributed by atoms with van der Waals surface area (Å²) < 4.78 is 12.1. The number of nitro groups is 1. The van der Waals surface area contributed by atoms with E-state index in [1.165, 1.54) is 26.2 Å². The van der Waals surface area contributed by atoms with Crippen molar-refractivity contribution in [3.8, 4) is 5.75 Å². The highest BCUT2D eigenvalue weighted by molar-refractivity contribution is 7.98. The molecule has 10 nitrogen and oxygen atoms in total. The molecule has 0 fully saturated rings. The van der Waals surface area contributed by atoms with Gasteiger partial charge in [0, 0.05) is 48.3 Å². The lowest BCUT2D eigenvalue weighted by Crippen LogP contribution is -2.08. The fourth-order valence-corrected chi connectivity index (χ4v) is 3.97. The lowest BCUT2D eigenvalue weighted by atomic mass is 10.0. The first-order valence-electron chi connectivity index (χ1n) is 11.2. The molecule has 3 aromatic rings. The summed E-state index contributed by atoms with van der Waals surface area (Å²) in [6, 6.07) is 8.42. The molecule has 0 bridgehead atoms. The number of carbonyl (C=O) groups is 2. The van der Waals surface area contributed by atoms with Crippen LogP contribution in [0.2, 0.25) is 0 Å². The van der Waals surface area contributed by atoms with Crippen molar-refractivity contribution in [2.45, 2.75) is 40.7 Å². The first-order valence-corrected chi connectivity index (χ1v) is 12.6. The predicted molar refractivity (Wildman–Crippen MR) is 144 cm³/mol. The molecule has 11 heteroatoms. The fourth-order valence-electron chi connectivity index (χ4n) is 3.42. The first kappa shape index (κ1) is 30.4. The molecule has 1 atom stereocenters. The maximum atomic E-state index is 11.2. The Morgan fingerprint density at radius 2 is 1.86 bits per heavy atom. The molecular weight excluding hydrogens is 486 g/mol. The van der Waals surface area contributed by atoms with Crippen molar-refractivity contribution >= 4 is 57.4 Å². The van der Waals surface area contributed by atoms with Crippen LogP contribution in [0.1, 0.15) is 40.2 Å². The summed E-state index contributed by atoms with van der Waals surface area (Å²) in [5, 5.41) is 16.4. The number of nitrogens with zero attached hydrogens (tertiary/aromatic N) is 3. The van der Waals surface area contributed by atoms with Crippen LogP contribution in [0.5, 0.6) is 5.75 Å². The molecule has 3 rings (SSSR count). The van der Waals surface area contributed by atoms with Crippen molar-refractivity contribution in [1.29, 1.82) is 0 Å². The molecule has 0 radical (unpaired) electrons. The Labute approximate surface area is 214 Å². The number of rotatable bonds is 8. The number of oxime groups is 1. The van der Waals surface area contributed by atoms with Crippen LogP contribution >= 0.6 is 11.8 Å². The van der Waals surface area contributed by atoms with Crippen LogP contribution in [0.3, 0.4) is 0 Å². The van der Waals surface area contributed by atoms with Crippen molar-refractivity contribution in [2.24, 2.45) is 12.2 Å². The Morgan fingerprint density at radius 1 is 1.22 bits per heavy atom. The summed E-state index contributed by atoms with van der Waals surface area (Å²) in [6.07, 6.45) is 2.03. The molecule has 1 unspecified atom stereocenters. The second-order valence-electron chi connectivity index (χ2n) is 7.32. The van der Waals surface area contributed by atoms with Crippen molar-refractivity contribution in [1.82, 2.24) is 4.57 Å². The van der Waals surface area contributed by atoms with Gasteiger partial charge in [-0.1, -0.05) is 19.0 Å². The zero-order valence-electron chi connectivity index (χ0n) is 21.9. The van der Waals surface area contributed by atoms with Crippen LogP contribution < -0.4 is 4.74 Å². The van der Waals surface area contributed by atoms with E-state index in [0.717, 1.165) is 22.2 Å². The van der Waals surface area contributed by atoms with Crippen LogP contribution in [0.15, 0.2) is 35.5 Å². The summed E-state index contributed by atoms with van der Waals surface area (Å²) in [6.45, 7) is 9.31. The average Bonchev–Trinajstić information content (AvgIpc) is 3.15. The number of nitro benzene ring substituents is 1. The number of benzene rings is 2. The Balaban J connectivity index is 0.000000554. The Hall–Kier alpha value is -3.60. The summed E-state index contributed by atoms with van der Waals surface area (Å²) in [4.78, 5) is 36.1. The normalized spacial score (nSPS) is 11.5. The molecule has 0 amide bonds. The zero-order valence-corrected chi connectivity index (χ0v) is 22.7. The summed E-state index contributed by atoms with van der Waals surface area (Å²) >= 11 is 1.67. The van der Waals surface area contributed by atoms with Gasteiger partial charge in [-0.25, -0.2) is 4.79 Å². The number of non-ortho nitro benzene ring substituents is 1. The lowest BCUT2D eigenvalue weighted by Gasteiger charge is -2.10. The highest BCUT2D eigenvalue weighted by atomic mass is 32.2. The van der Waals surface area contributed by atoms with E-state index < -0.39 is 10.9 Å². The number of hydrogen-bond donors (Lipinski definition) is 0. The van der Waals surface area contributed by atoms with Crippen molar-refractivity contribution in [3.63, 3.8) is 0 Å². The van der Waals surface area contributed by atoms with Gasteiger partial charge in [-0.3, -0.25) is 14.9 Å². The molecule has 2 aromatic carbocycles. The van der Waals surface area contributed by atoms with Crippen LogP contribution in [0.25, 0.3) is 21.8 Å². The maximum absolute atomic E-state index is 11.2. The Kier molecular flexibility index (Phi) is 12.4. The number of methoxy groups -OCH3 is 1. The molecule has 1 aromatic heterocycles. The van der Waals surface area contributed by atoms with E-state index >= 15 is 0 Å². The summed E-state index contributed by atoms with van der Waals surface area (Å²) in [5.41, 5.74) is 2.81. The van der Waals surface area contributed by atoms with E-state index in [-0.39, 0.29) is 11.8 Å². The molecule has 36 heavy (non-hydrogen) atoms. The van der Waals surface area contributed by atoms with Gasteiger partial charge in [-0.05, 0) is 38.3 Å². The highest BCUT2D eigenvalue weighted by Gasteiger charge is 2.20. The van der Waals surface area contributed by atoms with Gasteiger partial charge in [0.05, 0.1) is 28.6 Å². The number of hydrogen-bond acceptors (Lipinski definition) is 9. The topological polar surface area (TPSA) is 122 Å². The van der Waals surface area contributed by atoms with E-state index in [1.807, 2.05) is 50.8 Å². The largest absolute Gasteiger partial charge is 0.495 e.